The van der Waals surface area contributed by atoms with E-state index in [-0.39, 0.29) is 0 Å². The summed E-state index contributed by atoms with van der Waals surface area (Å²) >= 11 is 0. The van der Waals surface area contributed by atoms with Gasteiger partial charge in [-0.3, -0.25) is 4.90 Å². The van der Waals surface area contributed by atoms with Crippen molar-refractivity contribution in [3.63, 3.8) is 0 Å². The van der Waals surface area contributed by atoms with Crippen LogP contribution in [0.15, 0.2) is 38.1 Å². The molecular weight excluding hydrogens is 340 g/mol. The molecule has 0 unspecified atom stereocenters. The van der Waals surface area contributed by atoms with Gasteiger partial charge in [-0.15, -0.1) is 4.40 Å². The second kappa shape index (κ2) is 5.96. The van der Waals surface area contributed by atoms with Crippen molar-refractivity contribution >= 4 is 15.9 Å². The molecular formula is C17H20N4O3S. The van der Waals surface area contributed by atoms with E-state index < -0.39 is 10.0 Å². The minimum Gasteiger partial charge on any atom is -0.361 e. The minimum absolute atomic E-state index is 0.308. The average Bonchev–Trinajstić information content (AvgIpc) is 3.07. The Balaban J connectivity index is 1.48. The summed E-state index contributed by atoms with van der Waals surface area (Å²) in [5.74, 6) is 1.44. The molecule has 8 heteroatoms. The SMILES string of the molecule is Cc1noc(C)c1CN1CCN(C2=NS(=O)(=O)c3ccccc32)CC1. The fourth-order valence-electron chi connectivity index (χ4n) is 3.39. The van der Waals surface area contributed by atoms with E-state index in [0.717, 1.165) is 49.7 Å². The molecule has 2 aromatic rings. The summed E-state index contributed by atoms with van der Waals surface area (Å²) in [6.07, 6.45) is 0. The molecule has 4 rings (SSSR count). The van der Waals surface area contributed by atoms with Gasteiger partial charge in [-0.25, -0.2) is 0 Å². The summed E-state index contributed by atoms with van der Waals surface area (Å²) in [6, 6.07) is 7.03. The zero-order chi connectivity index (χ0) is 17.6. The van der Waals surface area contributed by atoms with Crippen molar-refractivity contribution in [1.29, 1.82) is 0 Å². The van der Waals surface area contributed by atoms with Gasteiger partial charge in [0.2, 0.25) is 0 Å². The zero-order valence-corrected chi connectivity index (χ0v) is 15.1. The quantitative estimate of drug-likeness (QED) is 0.809. The van der Waals surface area contributed by atoms with E-state index in [1.54, 1.807) is 12.1 Å². The summed E-state index contributed by atoms with van der Waals surface area (Å²) in [4.78, 5) is 4.70. The first-order valence-electron chi connectivity index (χ1n) is 8.29. The molecule has 25 heavy (non-hydrogen) atoms. The summed E-state index contributed by atoms with van der Waals surface area (Å²) in [6.45, 7) is 7.85. The molecule has 0 radical (unpaired) electrons. The van der Waals surface area contributed by atoms with E-state index in [0.29, 0.717) is 16.3 Å². The Hall–Kier alpha value is -2.19. The number of hydrogen-bond acceptors (Lipinski definition) is 6. The maximum Gasteiger partial charge on any atom is 0.285 e. The topological polar surface area (TPSA) is 79.0 Å². The second-order valence-electron chi connectivity index (χ2n) is 6.45. The van der Waals surface area contributed by atoms with Crippen LogP contribution in [0.1, 0.15) is 22.6 Å². The molecule has 132 valence electrons. The Morgan fingerprint density at radius 1 is 1.12 bits per heavy atom. The number of amidine groups is 1. The molecule has 3 heterocycles. The molecule has 1 aromatic carbocycles. The smallest absolute Gasteiger partial charge is 0.285 e. The number of fused-ring (bicyclic) bond motifs is 1. The van der Waals surface area contributed by atoms with Crippen molar-refractivity contribution in [3.05, 3.63) is 46.8 Å². The molecule has 0 saturated carbocycles. The average molecular weight is 360 g/mol. The van der Waals surface area contributed by atoms with Gasteiger partial charge in [0.05, 0.1) is 5.69 Å². The predicted molar refractivity (Wildman–Crippen MR) is 93.0 cm³/mol. The number of nitrogens with zero attached hydrogens (tertiary/aromatic N) is 4. The standard InChI is InChI=1S/C17H20N4O3S/c1-12-15(13(2)24-18-12)11-20-7-9-21(10-8-20)17-14-5-3-4-6-16(14)25(22,23)19-17/h3-6H,7-11H2,1-2H3. The lowest BCUT2D eigenvalue weighted by molar-refractivity contribution is 0.175. The van der Waals surface area contributed by atoms with Gasteiger partial charge in [-0.1, -0.05) is 17.3 Å². The van der Waals surface area contributed by atoms with Gasteiger partial charge in [0, 0.05) is 43.9 Å². The van der Waals surface area contributed by atoms with E-state index in [1.807, 2.05) is 26.0 Å². The lowest BCUT2D eigenvalue weighted by Gasteiger charge is -2.35. The Labute approximate surface area is 147 Å². The van der Waals surface area contributed by atoms with E-state index in [9.17, 15) is 8.42 Å². The third kappa shape index (κ3) is 2.85. The summed E-state index contributed by atoms with van der Waals surface area (Å²) in [7, 11) is -3.56. The van der Waals surface area contributed by atoms with Crippen LogP contribution in [0, 0.1) is 13.8 Å². The maximum atomic E-state index is 12.2. The van der Waals surface area contributed by atoms with Crippen molar-refractivity contribution < 1.29 is 12.9 Å². The number of piperazine rings is 1. The predicted octanol–water partition coefficient (Wildman–Crippen LogP) is 1.56. The highest BCUT2D eigenvalue weighted by Gasteiger charge is 2.33. The molecule has 0 spiro atoms. The first-order valence-corrected chi connectivity index (χ1v) is 9.73. The van der Waals surface area contributed by atoms with Gasteiger partial charge in [0.15, 0.2) is 5.84 Å². The number of rotatable bonds is 2. The number of aromatic nitrogens is 1. The largest absolute Gasteiger partial charge is 0.361 e. The summed E-state index contributed by atoms with van der Waals surface area (Å²) in [5.41, 5.74) is 2.78. The third-order valence-electron chi connectivity index (χ3n) is 4.85. The monoisotopic (exact) mass is 360 g/mol. The van der Waals surface area contributed by atoms with E-state index in [1.165, 1.54) is 0 Å². The number of benzene rings is 1. The minimum atomic E-state index is -3.56. The number of aryl methyl sites for hydroxylation is 2. The number of hydrogen-bond donors (Lipinski definition) is 0. The highest BCUT2D eigenvalue weighted by atomic mass is 32.2. The van der Waals surface area contributed by atoms with Gasteiger partial charge in [0.25, 0.3) is 10.0 Å². The van der Waals surface area contributed by atoms with Crippen LogP contribution < -0.4 is 0 Å². The van der Waals surface area contributed by atoms with Crippen LogP contribution in [0.3, 0.4) is 0 Å². The van der Waals surface area contributed by atoms with Gasteiger partial charge in [-0.05, 0) is 26.0 Å². The van der Waals surface area contributed by atoms with Crippen LogP contribution in [0.5, 0.6) is 0 Å². The second-order valence-corrected chi connectivity index (χ2v) is 8.02. The van der Waals surface area contributed by atoms with Crippen molar-refractivity contribution in [2.24, 2.45) is 4.40 Å². The van der Waals surface area contributed by atoms with Gasteiger partial charge >= 0.3 is 0 Å². The lowest BCUT2D eigenvalue weighted by Crippen LogP contribution is -2.48. The van der Waals surface area contributed by atoms with Gasteiger partial charge < -0.3 is 9.42 Å². The van der Waals surface area contributed by atoms with Crippen LogP contribution in [0.4, 0.5) is 0 Å². The fraction of sp³-hybridized carbons (Fsp3) is 0.412. The fourth-order valence-corrected chi connectivity index (χ4v) is 4.61. The molecule has 0 N–H and O–H groups in total. The molecule has 1 fully saturated rings. The third-order valence-corrected chi connectivity index (χ3v) is 6.17. The molecule has 0 aliphatic carbocycles. The first kappa shape index (κ1) is 16.3. The Kier molecular flexibility index (Phi) is 3.88. The molecule has 0 atom stereocenters. The molecule has 1 aromatic heterocycles. The van der Waals surface area contributed by atoms with Crippen molar-refractivity contribution in [1.82, 2.24) is 15.0 Å². The van der Waals surface area contributed by atoms with Crippen LogP contribution in [0.25, 0.3) is 0 Å². The molecule has 1 saturated heterocycles. The van der Waals surface area contributed by atoms with Crippen LogP contribution in [-0.4, -0.2) is 55.4 Å². The van der Waals surface area contributed by atoms with Crippen molar-refractivity contribution in [2.75, 3.05) is 26.2 Å². The first-order chi connectivity index (χ1) is 12.0. The Morgan fingerprint density at radius 3 is 2.52 bits per heavy atom. The maximum absolute atomic E-state index is 12.2. The molecule has 2 aliphatic rings. The lowest BCUT2D eigenvalue weighted by atomic mass is 10.1. The number of sulfonamides is 1. The Morgan fingerprint density at radius 2 is 1.84 bits per heavy atom. The van der Waals surface area contributed by atoms with E-state index in [2.05, 4.69) is 19.4 Å². The molecule has 7 nitrogen and oxygen atoms in total. The van der Waals surface area contributed by atoms with Crippen molar-refractivity contribution in [3.8, 4) is 0 Å². The zero-order valence-electron chi connectivity index (χ0n) is 14.3. The van der Waals surface area contributed by atoms with E-state index in [4.69, 9.17) is 4.52 Å². The summed E-state index contributed by atoms with van der Waals surface area (Å²) in [5, 5.41) is 4.00. The van der Waals surface area contributed by atoms with Crippen LogP contribution in [0.2, 0.25) is 0 Å². The van der Waals surface area contributed by atoms with Crippen molar-refractivity contribution in [2.45, 2.75) is 25.3 Å². The van der Waals surface area contributed by atoms with Gasteiger partial charge in [-0.2, -0.15) is 8.42 Å². The highest BCUT2D eigenvalue weighted by Crippen LogP contribution is 2.28. The molecule has 0 amide bonds. The molecule has 2 aliphatic heterocycles. The van der Waals surface area contributed by atoms with E-state index >= 15 is 0 Å². The summed E-state index contributed by atoms with van der Waals surface area (Å²) < 4.78 is 33.7. The van der Waals surface area contributed by atoms with Crippen LogP contribution >= 0.6 is 0 Å². The highest BCUT2D eigenvalue weighted by molar-refractivity contribution is 7.90. The normalized spacial score (nSPS) is 19.8. The molecule has 0 bridgehead atoms. The Bertz CT molecular complexity index is 921. The van der Waals surface area contributed by atoms with Crippen LogP contribution in [-0.2, 0) is 16.6 Å². The van der Waals surface area contributed by atoms with Gasteiger partial charge in [0.1, 0.15) is 10.7 Å².